The first-order valence-electron chi connectivity index (χ1n) is 6.27. The highest BCUT2D eigenvalue weighted by Crippen LogP contribution is 2.18. The summed E-state index contributed by atoms with van der Waals surface area (Å²) in [6, 6.07) is 8.59. The smallest absolute Gasteiger partial charge is 0.340 e. The molecular formula is C16H14F2O3. The van der Waals surface area contributed by atoms with E-state index in [0.29, 0.717) is 16.9 Å². The van der Waals surface area contributed by atoms with Gasteiger partial charge in [0.2, 0.25) is 0 Å². The molecule has 0 N–H and O–H groups in total. The quantitative estimate of drug-likeness (QED) is 0.807. The lowest BCUT2D eigenvalue weighted by molar-refractivity contribution is 0.0595. The molecule has 21 heavy (non-hydrogen) atoms. The minimum atomic E-state index is -0.736. The number of aryl methyl sites for hydroxylation is 1. The second-order valence-corrected chi connectivity index (χ2v) is 4.51. The summed E-state index contributed by atoms with van der Waals surface area (Å²) < 4.78 is 36.9. The summed E-state index contributed by atoms with van der Waals surface area (Å²) >= 11 is 0. The van der Waals surface area contributed by atoms with Gasteiger partial charge in [0.05, 0.1) is 12.7 Å². The molecule has 2 rings (SSSR count). The number of esters is 1. The zero-order valence-electron chi connectivity index (χ0n) is 11.7. The van der Waals surface area contributed by atoms with Gasteiger partial charge in [-0.3, -0.25) is 0 Å². The predicted molar refractivity (Wildman–Crippen MR) is 73.2 cm³/mol. The number of methoxy groups -OCH3 is 1. The lowest BCUT2D eigenvalue weighted by Crippen LogP contribution is -2.05. The van der Waals surface area contributed by atoms with Crippen LogP contribution in [-0.4, -0.2) is 13.1 Å². The standard InChI is InChI=1S/C16H14F2O3/c1-10-3-5-12(8-14(10)17)21-9-11-4-6-13(15(18)7-11)16(19)20-2/h3-8H,9H2,1-2H3. The van der Waals surface area contributed by atoms with Crippen LogP contribution in [0.2, 0.25) is 0 Å². The van der Waals surface area contributed by atoms with Crippen molar-refractivity contribution in [1.82, 2.24) is 0 Å². The molecule has 2 aromatic rings. The number of hydrogen-bond donors (Lipinski definition) is 0. The van der Waals surface area contributed by atoms with Crippen LogP contribution < -0.4 is 4.74 Å². The fourth-order valence-corrected chi connectivity index (χ4v) is 1.75. The van der Waals surface area contributed by atoms with E-state index in [1.54, 1.807) is 25.1 Å². The number of rotatable bonds is 4. The molecule has 0 saturated heterocycles. The highest BCUT2D eigenvalue weighted by Gasteiger charge is 2.12. The van der Waals surface area contributed by atoms with Crippen molar-refractivity contribution in [1.29, 1.82) is 0 Å². The van der Waals surface area contributed by atoms with Crippen molar-refractivity contribution >= 4 is 5.97 Å². The van der Waals surface area contributed by atoms with E-state index < -0.39 is 11.8 Å². The molecule has 0 amide bonds. The van der Waals surface area contributed by atoms with Crippen LogP contribution in [0.5, 0.6) is 5.75 Å². The largest absolute Gasteiger partial charge is 0.489 e. The molecule has 0 bridgehead atoms. The Bertz CT molecular complexity index is 669. The number of hydrogen-bond acceptors (Lipinski definition) is 3. The number of carbonyl (C=O) groups excluding carboxylic acids is 1. The van der Waals surface area contributed by atoms with Crippen molar-refractivity contribution in [3.05, 3.63) is 64.7 Å². The fraction of sp³-hybridized carbons (Fsp3) is 0.188. The summed E-state index contributed by atoms with van der Waals surface area (Å²) in [6.07, 6.45) is 0. The minimum absolute atomic E-state index is 0.0703. The third-order valence-electron chi connectivity index (χ3n) is 2.99. The van der Waals surface area contributed by atoms with Gasteiger partial charge in [-0.15, -0.1) is 0 Å². The van der Waals surface area contributed by atoms with Gasteiger partial charge >= 0.3 is 5.97 Å². The van der Waals surface area contributed by atoms with Gasteiger partial charge in [0.25, 0.3) is 0 Å². The van der Waals surface area contributed by atoms with Gasteiger partial charge in [-0.1, -0.05) is 12.1 Å². The van der Waals surface area contributed by atoms with Gasteiger partial charge in [-0.2, -0.15) is 0 Å². The Labute approximate surface area is 121 Å². The molecule has 3 nitrogen and oxygen atoms in total. The molecule has 0 fully saturated rings. The lowest BCUT2D eigenvalue weighted by atomic mass is 10.1. The summed E-state index contributed by atoms with van der Waals surface area (Å²) in [7, 11) is 1.19. The average Bonchev–Trinajstić information content (AvgIpc) is 2.48. The predicted octanol–water partition coefficient (Wildman–Crippen LogP) is 3.64. The Balaban J connectivity index is 2.08. The van der Waals surface area contributed by atoms with E-state index in [0.717, 1.165) is 0 Å². The Kier molecular flexibility index (Phi) is 4.52. The molecule has 0 aromatic heterocycles. The molecule has 110 valence electrons. The lowest BCUT2D eigenvalue weighted by Gasteiger charge is -2.08. The van der Waals surface area contributed by atoms with E-state index in [1.807, 2.05) is 0 Å². The SMILES string of the molecule is COC(=O)c1ccc(COc2ccc(C)c(F)c2)cc1F. The Hall–Kier alpha value is -2.43. The van der Waals surface area contributed by atoms with E-state index in [1.165, 1.54) is 25.3 Å². The molecule has 0 heterocycles. The van der Waals surface area contributed by atoms with Crippen molar-refractivity contribution < 1.29 is 23.0 Å². The van der Waals surface area contributed by atoms with Crippen LogP contribution in [0, 0.1) is 18.6 Å². The number of halogens is 2. The molecule has 0 unspecified atom stereocenters. The van der Waals surface area contributed by atoms with Gasteiger partial charge < -0.3 is 9.47 Å². The molecule has 0 aliphatic rings. The summed E-state index contributed by atoms with van der Waals surface area (Å²) in [5, 5.41) is 0. The molecule has 0 saturated carbocycles. The van der Waals surface area contributed by atoms with Crippen molar-refractivity contribution in [2.75, 3.05) is 7.11 Å². The monoisotopic (exact) mass is 292 g/mol. The zero-order chi connectivity index (χ0) is 15.4. The van der Waals surface area contributed by atoms with E-state index in [-0.39, 0.29) is 18.0 Å². The third-order valence-corrected chi connectivity index (χ3v) is 2.99. The van der Waals surface area contributed by atoms with Gasteiger partial charge in [0.1, 0.15) is 24.0 Å². The molecule has 0 aliphatic heterocycles. The Morgan fingerprint density at radius 3 is 2.48 bits per heavy atom. The first-order chi connectivity index (χ1) is 10.0. The third kappa shape index (κ3) is 3.56. The van der Waals surface area contributed by atoms with Crippen LogP contribution in [-0.2, 0) is 11.3 Å². The van der Waals surface area contributed by atoms with E-state index >= 15 is 0 Å². The molecular weight excluding hydrogens is 278 g/mol. The van der Waals surface area contributed by atoms with Crippen LogP contribution >= 0.6 is 0 Å². The Morgan fingerprint density at radius 1 is 1.10 bits per heavy atom. The van der Waals surface area contributed by atoms with Crippen LogP contribution in [0.1, 0.15) is 21.5 Å². The summed E-state index contributed by atoms with van der Waals surface area (Å²) in [6.45, 7) is 1.72. The van der Waals surface area contributed by atoms with Crippen LogP contribution in [0.3, 0.4) is 0 Å². The maximum atomic E-state index is 13.7. The van der Waals surface area contributed by atoms with E-state index in [4.69, 9.17) is 4.74 Å². The first kappa shape index (κ1) is 15.0. The van der Waals surface area contributed by atoms with Crippen LogP contribution in [0.4, 0.5) is 8.78 Å². The second kappa shape index (κ2) is 6.35. The van der Waals surface area contributed by atoms with Gasteiger partial charge in [-0.05, 0) is 36.2 Å². The zero-order valence-corrected chi connectivity index (χ0v) is 11.7. The fourth-order valence-electron chi connectivity index (χ4n) is 1.75. The number of ether oxygens (including phenoxy) is 2. The van der Waals surface area contributed by atoms with Crippen molar-refractivity contribution in [2.24, 2.45) is 0 Å². The topological polar surface area (TPSA) is 35.5 Å². The Morgan fingerprint density at radius 2 is 1.86 bits per heavy atom. The van der Waals surface area contributed by atoms with E-state index in [9.17, 15) is 13.6 Å². The maximum Gasteiger partial charge on any atom is 0.340 e. The number of carbonyl (C=O) groups is 1. The van der Waals surface area contributed by atoms with E-state index in [2.05, 4.69) is 4.74 Å². The number of benzene rings is 2. The molecule has 0 aliphatic carbocycles. The summed E-state index contributed by atoms with van der Waals surface area (Å²) in [5.74, 6) is -1.42. The van der Waals surface area contributed by atoms with Crippen LogP contribution in [0.25, 0.3) is 0 Å². The second-order valence-electron chi connectivity index (χ2n) is 4.51. The molecule has 0 radical (unpaired) electrons. The highest BCUT2D eigenvalue weighted by atomic mass is 19.1. The average molecular weight is 292 g/mol. The highest BCUT2D eigenvalue weighted by molar-refractivity contribution is 5.89. The first-order valence-corrected chi connectivity index (χ1v) is 6.27. The molecule has 0 atom stereocenters. The molecule has 0 spiro atoms. The van der Waals surface area contributed by atoms with Crippen molar-refractivity contribution in [3.63, 3.8) is 0 Å². The van der Waals surface area contributed by atoms with Crippen molar-refractivity contribution in [2.45, 2.75) is 13.5 Å². The maximum absolute atomic E-state index is 13.7. The summed E-state index contributed by atoms with van der Waals surface area (Å²) in [5.41, 5.74) is 0.916. The molecule has 2 aromatic carbocycles. The minimum Gasteiger partial charge on any atom is -0.489 e. The van der Waals surface area contributed by atoms with Gasteiger partial charge in [-0.25, -0.2) is 13.6 Å². The van der Waals surface area contributed by atoms with Gasteiger partial charge in [0.15, 0.2) is 0 Å². The van der Waals surface area contributed by atoms with Crippen molar-refractivity contribution in [3.8, 4) is 5.75 Å². The molecule has 5 heteroatoms. The normalized spacial score (nSPS) is 10.3. The summed E-state index contributed by atoms with van der Waals surface area (Å²) in [4.78, 5) is 11.3. The van der Waals surface area contributed by atoms with Crippen LogP contribution in [0.15, 0.2) is 36.4 Å². The van der Waals surface area contributed by atoms with Gasteiger partial charge in [0, 0.05) is 6.07 Å².